The van der Waals surface area contributed by atoms with Crippen molar-refractivity contribution in [3.8, 4) is 57.1 Å². The van der Waals surface area contributed by atoms with E-state index in [-0.39, 0.29) is 58.4 Å². The number of aromatic hydroxyl groups is 3. The Morgan fingerprint density at radius 2 is 1.23 bits per heavy atom. The first kappa shape index (κ1) is 82.8. The number of carbonyl (C=O) groups is 8. The molecule has 5 aromatic carbocycles. The summed E-state index contributed by atoms with van der Waals surface area (Å²) < 4.78 is 51.9. The van der Waals surface area contributed by atoms with Crippen LogP contribution in [0.5, 0.6) is 46.0 Å². The summed E-state index contributed by atoms with van der Waals surface area (Å²) in [6.07, 6.45) is -21.7. The minimum Gasteiger partial charge on any atom is -0.508 e. The van der Waals surface area contributed by atoms with Crippen molar-refractivity contribution in [2.45, 2.75) is 201 Å². The molecular formula is C73H91Cl2N10O26+3. The maximum atomic E-state index is 16.4. The second-order valence-corrected chi connectivity index (χ2v) is 30.4. The third-order valence-corrected chi connectivity index (χ3v) is 20.9. The van der Waals surface area contributed by atoms with Crippen molar-refractivity contribution >= 4 is 70.5 Å². The molecule has 0 saturated carbocycles. The Hall–Kier alpha value is -9.16. The van der Waals surface area contributed by atoms with E-state index in [9.17, 15) is 65.4 Å². The zero-order valence-corrected chi connectivity index (χ0v) is 62.6. The molecule has 111 heavy (non-hydrogen) atoms. The van der Waals surface area contributed by atoms with Crippen LogP contribution in [-0.2, 0) is 62.0 Å². The standard InChI is InChI=1S/C73H88Cl2N10O26/c1-26(2)14-38(79-7)64(96)84-54-56(91)30-9-12-42(36(74)16-30)106-44-18-32-19-45(60(44)111-71-61(58(93)57(92)46(25-86)108-71)110-49-24-73(6,78)63(95)28(4)105-49)107-43-13-10-31(17-37(43)75)59(109-48-23-72(5,77)62(94)27(3)104-48)55-69(101)83-53(70(102)103)35-20-33(87)21-41(89)50(35)34-15-29(8-11-40(34)88)51(66(98)85-55)82-67(99)52(32)81-65(97)39(22-47(76)90)80-68(54)100/h8-13,15-21,26-28,38-39,46,48-49,51-59,61-63,71,79,86-89,91-95H,14,22-25,77-78H2,1-7H3,(H2,76,90)(H,80,100)(H,81,97)(H,82,99)(H,83,101)(H,84,96)(H,85,98)(H,102,103)/p+3/t27-,28-,38+,39-,46+,48-,49-,51+,52+,53-,54+,55-,56+,57+,58-,59+,61+,62-,63-,71-,72-,73-/m0/s1. The number of phenolic OH excluding ortho intramolecular Hbond substituents is 3. The molecule has 600 valence electrons. The molecule has 8 heterocycles. The molecule has 0 spiro atoms. The van der Waals surface area contributed by atoms with Gasteiger partial charge in [0, 0.05) is 22.8 Å². The van der Waals surface area contributed by atoms with Crippen LogP contribution in [0.3, 0.4) is 0 Å². The maximum Gasteiger partial charge on any atom is 0.330 e. The van der Waals surface area contributed by atoms with Gasteiger partial charge in [-0.2, -0.15) is 0 Å². The Labute approximate surface area is 643 Å². The van der Waals surface area contributed by atoms with E-state index in [0.717, 1.165) is 48.5 Å². The second kappa shape index (κ2) is 33.3. The highest BCUT2D eigenvalue weighted by Gasteiger charge is 2.53. The van der Waals surface area contributed by atoms with E-state index < -0.39 is 255 Å². The third kappa shape index (κ3) is 17.7. The number of quaternary nitrogens is 3. The molecule has 38 heteroatoms. The Kier molecular flexibility index (Phi) is 24.8. The number of amides is 7. The summed E-state index contributed by atoms with van der Waals surface area (Å²) in [6, 6.07) is 0.0156. The summed E-state index contributed by atoms with van der Waals surface area (Å²) in [5.74, 6) is -15.5. The number of carboxylic acid groups (broad SMARTS) is 1. The lowest BCUT2D eigenvalue weighted by atomic mass is 9.86. The highest BCUT2D eigenvalue weighted by Crippen LogP contribution is 2.50. The summed E-state index contributed by atoms with van der Waals surface area (Å²) in [7, 11) is 1.48. The van der Waals surface area contributed by atoms with Gasteiger partial charge < -0.3 is 138 Å². The zero-order chi connectivity index (χ0) is 80.9. The fourth-order valence-corrected chi connectivity index (χ4v) is 14.8. The van der Waals surface area contributed by atoms with Gasteiger partial charge in [0.05, 0.1) is 54.2 Å². The Bertz CT molecular complexity index is 4420. The second-order valence-electron chi connectivity index (χ2n) is 29.6. The molecule has 7 amide bonds. The smallest absolute Gasteiger partial charge is 0.330 e. The first-order valence-corrected chi connectivity index (χ1v) is 36.3. The number of likely N-dealkylation sites (N-methyl/N-ethyl adjacent to an activating group) is 1. The monoisotopic (exact) mass is 1590 g/mol. The Morgan fingerprint density at radius 1 is 0.658 bits per heavy atom. The van der Waals surface area contributed by atoms with E-state index >= 15 is 24.0 Å². The summed E-state index contributed by atoms with van der Waals surface area (Å²) in [5.41, 5.74) is 6.72. The van der Waals surface area contributed by atoms with Crippen molar-refractivity contribution in [2.75, 3.05) is 13.7 Å². The average molecular weight is 1600 g/mol. The molecule has 0 aromatic heterocycles. The molecule has 0 unspecified atom stereocenters. The molecule has 13 rings (SSSR count). The lowest BCUT2D eigenvalue weighted by Gasteiger charge is -2.45. The van der Waals surface area contributed by atoms with Crippen LogP contribution in [0, 0.1) is 5.92 Å². The van der Waals surface area contributed by atoms with Crippen molar-refractivity contribution in [3.63, 3.8) is 0 Å². The van der Waals surface area contributed by atoms with Crippen LogP contribution in [0.4, 0.5) is 0 Å². The van der Waals surface area contributed by atoms with Crippen LogP contribution in [0.15, 0.2) is 78.9 Å². The molecule has 3 saturated heterocycles. The quantitative estimate of drug-likeness (QED) is 0.0549. The summed E-state index contributed by atoms with van der Waals surface area (Å²) in [5, 5.41) is 132. The average Bonchev–Trinajstić information content (AvgIpc) is 0.763. The highest BCUT2D eigenvalue weighted by atomic mass is 35.5. The molecule has 5 aromatic rings. The number of carboxylic acids is 1. The van der Waals surface area contributed by atoms with Crippen LogP contribution in [0.25, 0.3) is 11.1 Å². The fraction of sp³-hybridized carbons (Fsp3) is 0.479. The van der Waals surface area contributed by atoms with Gasteiger partial charge in [0.2, 0.25) is 47.5 Å². The van der Waals surface area contributed by atoms with Crippen LogP contribution in [0.1, 0.15) is 125 Å². The highest BCUT2D eigenvalue weighted by molar-refractivity contribution is 6.32. The summed E-state index contributed by atoms with van der Waals surface area (Å²) >= 11 is 14.5. The lowest BCUT2D eigenvalue weighted by molar-refractivity contribution is -0.518. The van der Waals surface area contributed by atoms with E-state index in [0.29, 0.717) is 0 Å². The van der Waals surface area contributed by atoms with E-state index in [1.165, 1.54) is 51.2 Å². The molecule has 3 fully saturated rings. The van der Waals surface area contributed by atoms with E-state index in [1.807, 2.05) is 13.8 Å². The molecule has 11 bridgehead atoms. The van der Waals surface area contributed by atoms with Gasteiger partial charge in [-0.1, -0.05) is 55.2 Å². The van der Waals surface area contributed by atoms with Crippen molar-refractivity contribution < 1.29 is 145 Å². The number of phenols is 3. The van der Waals surface area contributed by atoms with Crippen molar-refractivity contribution in [3.05, 3.63) is 117 Å². The number of benzene rings is 5. The summed E-state index contributed by atoms with van der Waals surface area (Å²) in [4.78, 5) is 120. The van der Waals surface area contributed by atoms with Gasteiger partial charge in [-0.15, -0.1) is 0 Å². The van der Waals surface area contributed by atoms with Crippen LogP contribution < -0.4 is 68.6 Å². The largest absolute Gasteiger partial charge is 0.508 e. The van der Waals surface area contributed by atoms with Crippen LogP contribution in [0.2, 0.25) is 10.0 Å². The van der Waals surface area contributed by atoms with Crippen molar-refractivity contribution in [1.29, 1.82) is 0 Å². The maximum absolute atomic E-state index is 16.4. The number of rotatable bonds is 15. The number of aliphatic hydroxyl groups excluding tert-OH is 6. The van der Waals surface area contributed by atoms with Gasteiger partial charge in [0.15, 0.2) is 36.2 Å². The molecular weight excluding hydrogens is 1500 g/mol. The SMILES string of the molecule is CN[C@H](CC(C)C)C(=O)N[C@H]1C(=O)N[C@@H](CC([NH3+])=O)C(=O)N[C@H]2C(=O)N[C@H]3C(=O)N[C@H](C(=O)N[C@H](C(=O)O)c4cc(O)cc(O)c4-c4cc3ccc4O)[C@H](O[C@H]3C[C@](C)([NH3+])[C@@H](O)[C@H](C)O3)c3ccc(c(Cl)c3)Oc3cc2cc(c3O[C@@H]2O[C@H](CO)[C@@H](O)[C@H](O)[C@H]2O[C@H]2C[C@](C)([NH3+])[C@@H](O)[C@H](C)O2)Oc2ccc(cc2Cl)[C@H]1O. The van der Waals surface area contributed by atoms with Crippen LogP contribution in [-0.4, -0.2) is 215 Å². The molecule has 0 aliphatic carbocycles. The van der Waals surface area contributed by atoms with Gasteiger partial charge in [-0.3, -0.25) is 34.5 Å². The Balaban J connectivity index is 1.19. The first-order chi connectivity index (χ1) is 52.3. The molecule has 26 N–H and O–H groups in total. The topological polar surface area (TPSA) is 580 Å². The Morgan fingerprint density at radius 3 is 1.79 bits per heavy atom. The number of fused-ring (bicyclic) bond motifs is 15. The third-order valence-electron chi connectivity index (χ3n) is 20.3. The van der Waals surface area contributed by atoms with E-state index in [4.69, 9.17) is 61.1 Å². The molecule has 8 aliphatic heterocycles. The van der Waals surface area contributed by atoms with Crippen molar-refractivity contribution in [1.82, 2.24) is 37.2 Å². The minimum absolute atomic E-state index is 0.0996. The number of carbonyl (C=O) groups excluding carboxylic acids is 7. The van der Waals surface area contributed by atoms with Crippen LogP contribution >= 0.6 is 23.2 Å². The normalized spacial score (nSPS) is 32.1. The van der Waals surface area contributed by atoms with Gasteiger partial charge >= 0.3 is 11.9 Å². The number of hydrogen-bond acceptors (Lipinski definition) is 26. The zero-order valence-electron chi connectivity index (χ0n) is 61.0. The predicted molar refractivity (Wildman–Crippen MR) is 382 cm³/mol. The molecule has 0 radical (unpaired) electrons. The number of aliphatic carboxylic acids is 1. The van der Waals surface area contributed by atoms with Gasteiger partial charge in [-0.05, 0) is 124 Å². The van der Waals surface area contributed by atoms with Crippen molar-refractivity contribution in [2.24, 2.45) is 5.92 Å². The van der Waals surface area contributed by atoms with Gasteiger partial charge in [0.25, 0.3) is 0 Å². The number of halogens is 2. The molecule has 36 nitrogen and oxygen atoms in total. The molecule has 22 atom stereocenters. The van der Waals surface area contributed by atoms with E-state index in [2.05, 4.69) is 54.4 Å². The lowest BCUT2D eigenvalue weighted by Crippen LogP contribution is -2.81. The first-order valence-electron chi connectivity index (χ1n) is 35.5. The van der Waals surface area contributed by atoms with Gasteiger partial charge in [0.1, 0.15) is 113 Å². The predicted octanol–water partition coefficient (Wildman–Crippen LogP) is -1.81. The van der Waals surface area contributed by atoms with E-state index in [1.54, 1.807) is 13.8 Å². The molecule has 8 aliphatic rings. The number of hydrogen-bond donors (Lipinski definition) is 20. The summed E-state index contributed by atoms with van der Waals surface area (Å²) in [6.45, 7) is 8.94. The number of aliphatic hydroxyl groups is 6. The minimum atomic E-state index is -2.35. The fourth-order valence-electron chi connectivity index (χ4n) is 14.4. The van der Waals surface area contributed by atoms with Gasteiger partial charge in [-0.25, -0.2) is 9.59 Å². The number of ether oxygens (including phenoxy) is 8. The number of nitrogens with one attached hydrogen (secondary N) is 7.